The molecule has 2 amide bonds. The average molecular weight is 676 g/mol. The van der Waals surface area contributed by atoms with Crippen LogP contribution in [0, 0.1) is 5.82 Å². The van der Waals surface area contributed by atoms with Crippen molar-refractivity contribution in [3.8, 4) is 28.4 Å². The summed E-state index contributed by atoms with van der Waals surface area (Å²) in [4.78, 5) is 42.9. The van der Waals surface area contributed by atoms with Crippen LogP contribution in [0.1, 0.15) is 47.7 Å². The van der Waals surface area contributed by atoms with E-state index in [4.69, 9.17) is 18.9 Å². The van der Waals surface area contributed by atoms with E-state index < -0.39 is 29.3 Å². The Morgan fingerprint density at radius 1 is 1.15 bits per heavy atom. The number of amides is 2. The van der Waals surface area contributed by atoms with Crippen LogP contribution in [0.25, 0.3) is 11.1 Å². The van der Waals surface area contributed by atoms with Crippen LogP contribution in [0.4, 0.5) is 14.3 Å². The quantitative estimate of drug-likeness (QED) is 0.173. The summed E-state index contributed by atoms with van der Waals surface area (Å²) in [6, 6.07) is 14.3. The van der Waals surface area contributed by atoms with Crippen LogP contribution in [-0.4, -0.2) is 65.9 Å². The molecule has 0 aliphatic carbocycles. The predicted octanol–water partition coefficient (Wildman–Crippen LogP) is 6.87. The van der Waals surface area contributed by atoms with Crippen LogP contribution in [0.2, 0.25) is 0 Å². The smallest absolute Gasteiger partial charge is 0.408 e. The van der Waals surface area contributed by atoms with E-state index in [1.807, 2.05) is 6.07 Å². The number of benzene rings is 3. The number of rotatable bonds is 10. The Balaban J connectivity index is 1.34. The molecule has 11 nitrogen and oxygen atoms in total. The minimum absolute atomic E-state index is 0.0847. The van der Waals surface area contributed by atoms with E-state index in [0.717, 1.165) is 18.4 Å². The van der Waals surface area contributed by atoms with Crippen LogP contribution < -0.4 is 14.8 Å². The van der Waals surface area contributed by atoms with E-state index in [-0.39, 0.29) is 37.2 Å². The molecule has 0 radical (unpaired) electrons. The van der Waals surface area contributed by atoms with E-state index in [9.17, 15) is 19.5 Å². The Labute approximate surface area is 280 Å². The molecule has 13 heteroatoms. The van der Waals surface area contributed by atoms with Crippen molar-refractivity contribution < 1.29 is 42.8 Å². The Morgan fingerprint density at radius 2 is 1.96 bits per heavy atom. The first-order chi connectivity index (χ1) is 23.1. The summed E-state index contributed by atoms with van der Waals surface area (Å²) in [6.45, 7) is 2.81. The highest BCUT2D eigenvalue weighted by Crippen LogP contribution is 2.45. The lowest BCUT2D eigenvalue weighted by Gasteiger charge is -2.44. The highest BCUT2D eigenvalue weighted by Gasteiger charge is 2.44. The number of esters is 1. The minimum Gasteiger partial charge on any atom is -0.487 e. The van der Waals surface area contributed by atoms with E-state index in [1.54, 1.807) is 61.0 Å². The second-order valence-electron chi connectivity index (χ2n) is 11.7. The second-order valence-corrected chi connectivity index (χ2v) is 12.6. The number of fused-ring (bicyclic) bond motifs is 1. The number of nitrogens with zero attached hydrogens (tertiary/aromatic N) is 2. The Morgan fingerprint density at radius 3 is 2.62 bits per heavy atom. The standard InChI is InChI=1S/C35H34FN3O8S/c1-35(19-31(40)38-33-37-12-15-48-33)27-18-30(29(46-20-25-4-3-14-45-25)16-23(27)11-13-39(35)34(42)43)47-24-9-10-26(28(36)17-24)21-5-7-22(8-6-21)32(41)44-2/h5-10,12,15-18,25H,3-4,11,13-14,19-20H2,1-2H3,(H,42,43)(H,37,38,40)/t25?,35-/m1/s1. The summed E-state index contributed by atoms with van der Waals surface area (Å²) in [5.74, 6) is -0.635. The Bertz CT molecular complexity index is 1810. The average Bonchev–Trinajstić information content (AvgIpc) is 3.79. The monoisotopic (exact) mass is 675 g/mol. The summed E-state index contributed by atoms with van der Waals surface area (Å²) in [6.07, 6.45) is 2.32. The molecule has 2 N–H and O–H groups in total. The van der Waals surface area contributed by atoms with Crippen molar-refractivity contribution in [2.24, 2.45) is 0 Å². The van der Waals surface area contributed by atoms with E-state index in [2.05, 4.69) is 10.3 Å². The summed E-state index contributed by atoms with van der Waals surface area (Å²) < 4.78 is 38.5. The number of ether oxygens (including phenoxy) is 4. The third-order valence-corrected chi connectivity index (χ3v) is 9.29. The number of aromatic nitrogens is 1. The summed E-state index contributed by atoms with van der Waals surface area (Å²) in [5, 5.41) is 15.1. The maximum Gasteiger partial charge on any atom is 0.408 e. The molecular formula is C35H34FN3O8S. The number of carbonyl (C=O) groups is 3. The van der Waals surface area contributed by atoms with Crippen molar-refractivity contribution in [1.82, 2.24) is 9.88 Å². The summed E-state index contributed by atoms with van der Waals surface area (Å²) in [5.41, 5.74) is 1.32. The van der Waals surface area contributed by atoms with Gasteiger partial charge in [0.2, 0.25) is 5.91 Å². The second kappa shape index (κ2) is 14.0. The third kappa shape index (κ3) is 6.97. The van der Waals surface area contributed by atoms with Gasteiger partial charge in [-0.2, -0.15) is 0 Å². The molecule has 6 rings (SSSR count). The molecule has 0 saturated carbocycles. The van der Waals surface area contributed by atoms with Gasteiger partial charge in [-0.1, -0.05) is 12.1 Å². The Kier molecular flexibility index (Phi) is 9.60. The first kappa shape index (κ1) is 32.9. The van der Waals surface area contributed by atoms with Crippen LogP contribution in [0.3, 0.4) is 0 Å². The number of carboxylic acid groups (broad SMARTS) is 1. The van der Waals surface area contributed by atoms with E-state index in [1.165, 1.54) is 29.4 Å². The van der Waals surface area contributed by atoms with Crippen molar-refractivity contribution in [2.75, 3.05) is 32.2 Å². The predicted molar refractivity (Wildman–Crippen MR) is 175 cm³/mol. The van der Waals surface area contributed by atoms with Gasteiger partial charge in [-0.25, -0.2) is 19.0 Å². The number of methoxy groups -OCH3 is 1. The van der Waals surface area contributed by atoms with Gasteiger partial charge in [0, 0.05) is 36.4 Å². The molecule has 3 heterocycles. The fourth-order valence-corrected chi connectivity index (χ4v) is 6.71. The lowest BCUT2D eigenvalue weighted by Crippen LogP contribution is -2.52. The Hall–Kier alpha value is -5.01. The summed E-state index contributed by atoms with van der Waals surface area (Å²) in [7, 11) is 1.29. The van der Waals surface area contributed by atoms with Gasteiger partial charge in [0.1, 0.15) is 18.2 Å². The SMILES string of the molecule is COC(=O)c1ccc(-c2ccc(Oc3cc4c(cc3OCC3CCCO3)CCN(C(=O)O)[C@]4(C)CC(=O)Nc3nccs3)cc2F)cc1. The van der Waals surface area contributed by atoms with Crippen molar-refractivity contribution >= 4 is 34.4 Å². The molecule has 1 saturated heterocycles. The van der Waals surface area contributed by atoms with Crippen LogP contribution in [0.5, 0.6) is 17.2 Å². The van der Waals surface area contributed by atoms with E-state index >= 15 is 4.39 Å². The third-order valence-electron chi connectivity index (χ3n) is 8.60. The zero-order valence-electron chi connectivity index (χ0n) is 26.4. The fraction of sp³-hybridized carbons (Fsp3) is 0.314. The lowest BCUT2D eigenvalue weighted by atomic mass is 9.79. The molecule has 3 aromatic carbocycles. The molecule has 1 unspecified atom stereocenters. The number of hydrogen-bond acceptors (Lipinski definition) is 9. The lowest BCUT2D eigenvalue weighted by molar-refractivity contribution is -0.118. The molecular weight excluding hydrogens is 641 g/mol. The maximum atomic E-state index is 15.5. The summed E-state index contributed by atoms with van der Waals surface area (Å²) >= 11 is 1.26. The number of halogens is 1. The van der Waals surface area contributed by atoms with Gasteiger partial charge in [-0.15, -0.1) is 11.3 Å². The van der Waals surface area contributed by atoms with Crippen molar-refractivity contribution in [2.45, 2.75) is 44.2 Å². The van der Waals surface area contributed by atoms with Crippen LogP contribution in [-0.2, 0) is 26.2 Å². The normalized spacial score (nSPS) is 18.6. The van der Waals surface area contributed by atoms with Crippen LogP contribution in [0.15, 0.2) is 66.2 Å². The maximum absolute atomic E-state index is 15.5. The number of anilines is 1. The molecule has 48 heavy (non-hydrogen) atoms. The van der Waals surface area contributed by atoms with Gasteiger partial charge in [0.05, 0.1) is 30.7 Å². The highest BCUT2D eigenvalue weighted by atomic mass is 32.1. The highest BCUT2D eigenvalue weighted by molar-refractivity contribution is 7.13. The number of hydrogen-bond donors (Lipinski definition) is 2. The number of nitrogens with one attached hydrogen (secondary N) is 1. The minimum atomic E-state index is -1.27. The van der Waals surface area contributed by atoms with Crippen molar-refractivity contribution in [1.29, 1.82) is 0 Å². The van der Waals surface area contributed by atoms with Gasteiger partial charge >= 0.3 is 12.1 Å². The molecule has 0 bridgehead atoms. The molecule has 2 atom stereocenters. The number of thiazole rings is 1. The zero-order valence-corrected chi connectivity index (χ0v) is 27.2. The zero-order chi connectivity index (χ0) is 33.8. The van der Waals surface area contributed by atoms with E-state index in [0.29, 0.717) is 46.2 Å². The van der Waals surface area contributed by atoms with Crippen molar-refractivity contribution in [3.05, 3.63) is 88.7 Å². The molecule has 1 fully saturated rings. The number of carbonyl (C=O) groups excluding carboxylic acids is 2. The molecule has 0 spiro atoms. The van der Waals surface area contributed by atoms with Gasteiger partial charge < -0.3 is 29.4 Å². The van der Waals surface area contributed by atoms with Gasteiger partial charge in [-0.05, 0) is 79.3 Å². The molecule has 1 aromatic heterocycles. The first-order valence-corrected chi connectivity index (χ1v) is 16.3. The van der Waals surface area contributed by atoms with Gasteiger partial charge in [0.15, 0.2) is 16.6 Å². The molecule has 2 aliphatic rings. The van der Waals surface area contributed by atoms with Crippen LogP contribution >= 0.6 is 11.3 Å². The van der Waals surface area contributed by atoms with Crippen molar-refractivity contribution in [3.63, 3.8) is 0 Å². The molecule has 4 aromatic rings. The topological polar surface area (TPSA) is 137 Å². The molecule has 250 valence electrons. The fourth-order valence-electron chi connectivity index (χ4n) is 6.17. The molecule has 2 aliphatic heterocycles. The van der Waals surface area contributed by atoms with Gasteiger partial charge in [-0.3, -0.25) is 9.69 Å². The first-order valence-electron chi connectivity index (χ1n) is 15.4. The largest absolute Gasteiger partial charge is 0.487 e. The van der Waals surface area contributed by atoms with Gasteiger partial charge in [0.25, 0.3) is 0 Å².